The van der Waals surface area contributed by atoms with Gasteiger partial charge in [0.15, 0.2) is 6.29 Å². The molecular weight excluding hydrogens is 396 g/mol. The second kappa shape index (κ2) is 10.9. The quantitative estimate of drug-likeness (QED) is 0.585. The van der Waals surface area contributed by atoms with Gasteiger partial charge in [-0.3, -0.25) is 0 Å². The van der Waals surface area contributed by atoms with E-state index in [2.05, 4.69) is 12.1 Å². The molecule has 5 nitrogen and oxygen atoms in total. The van der Waals surface area contributed by atoms with Gasteiger partial charge in [-0.2, -0.15) is 0 Å². The van der Waals surface area contributed by atoms with Crippen LogP contribution in [0.4, 0.5) is 4.79 Å². The largest absolute Gasteiger partial charge is 0.450 e. The van der Waals surface area contributed by atoms with Gasteiger partial charge in [-0.1, -0.05) is 37.5 Å². The Bertz CT molecular complexity index is 608. The third kappa shape index (κ3) is 5.66. The number of carbonyl (C=O) groups is 1. The standard InChI is InChI=1S/C21H30O5S2/c1-14-17(23-2)18(26-21(22)27-3)19(28-16-12-8-5-9-13-16)20(24-14)25-15-10-6-4-7-11-15/h5,8-9,12-15,17-20H,4,6-7,10-11H2,1-3H3/t14-,17-,18+,19-,20+/m0/s1. The van der Waals surface area contributed by atoms with Crippen LogP contribution < -0.4 is 0 Å². The zero-order valence-corrected chi connectivity index (χ0v) is 18.4. The first-order chi connectivity index (χ1) is 13.6. The number of thioether (sulfide) groups is 2. The number of rotatable bonds is 6. The minimum atomic E-state index is -0.451. The fourth-order valence-corrected chi connectivity index (χ4v) is 5.29. The Kier molecular flexibility index (Phi) is 8.53. The Morgan fingerprint density at radius 1 is 1.11 bits per heavy atom. The topological polar surface area (TPSA) is 54.0 Å². The number of ether oxygens (including phenoxy) is 4. The van der Waals surface area contributed by atoms with Crippen molar-refractivity contribution in [2.45, 2.75) is 79.9 Å². The fraction of sp³-hybridized carbons (Fsp3) is 0.667. The van der Waals surface area contributed by atoms with E-state index < -0.39 is 12.4 Å². The lowest BCUT2D eigenvalue weighted by atomic mass is 9.97. The van der Waals surface area contributed by atoms with Crippen molar-refractivity contribution in [3.05, 3.63) is 30.3 Å². The average molecular weight is 427 g/mol. The van der Waals surface area contributed by atoms with E-state index in [1.165, 1.54) is 19.3 Å². The summed E-state index contributed by atoms with van der Waals surface area (Å²) in [5, 5.41) is -0.516. The van der Waals surface area contributed by atoms with E-state index >= 15 is 0 Å². The SMILES string of the molecule is CO[C@@H]1[C@@H](OC(=O)SC)[C@H](Sc2ccccc2)[C@@H](OC2CCCCC2)O[C@H]1C. The van der Waals surface area contributed by atoms with Crippen LogP contribution in [0.5, 0.6) is 0 Å². The van der Waals surface area contributed by atoms with Crippen molar-refractivity contribution in [1.29, 1.82) is 0 Å². The van der Waals surface area contributed by atoms with Gasteiger partial charge in [-0.05, 0) is 49.9 Å². The van der Waals surface area contributed by atoms with E-state index in [0.717, 1.165) is 29.5 Å². The van der Waals surface area contributed by atoms with E-state index in [9.17, 15) is 4.79 Å². The first-order valence-electron chi connectivity index (χ1n) is 9.92. The molecular formula is C21H30O5S2. The molecule has 1 heterocycles. The van der Waals surface area contributed by atoms with Gasteiger partial charge < -0.3 is 18.9 Å². The molecule has 1 saturated carbocycles. The predicted molar refractivity (Wildman–Crippen MR) is 113 cm³/mol. The van der Waals surface area contributed by atoms with E-state index in [1.54, 1.807) is 25.1 Å². The van der Waals surface area contributed by atoms with Crippen molar-refractivity contribution in [2.75, 3.05) is 13.4 Å². The summed E-state index contributed by atoms with van der Waals surface area (Å²) in [6.07, 6.45) is 6.20. The lowest BCUT2D eigenvalue weighted by Gasteiger charge is -2.45. The molecule has 1 saturated heterocycles. The Labute approximate surface area is 176 Å². The minimum absolute atomic E-state index is 0.195. The summed E-state index contributed by atoms with van der Waals surface area (Å²) in [5.41, 5.74) is 0. The highest BCUT2D eigenvalue weighted by Crippen LogP contribution is 2.39. The smallest absolute Gasteiger partial charge is 0.367 e. The second-order valence-corrected chi connectivity index (χ2v) is 9.23. The van der Waals surface area contributed by atoms with E-state index in [1.807, 2.05) is 25.1 Å². The van der Waals surface area contributed by atoms with Crippen molar-refractivity contribution in [3.8, 4) is 0 Å². The van der Waals surface area contributed by atoms with Crippen molar-refractivity contribution < 1.29 is 23.7 Å². The van der Waals surface area contributed by atoms with Crippen LogP contribution in [-0.4, -0.2) is 54.6 Å². The molecule has 7 heteroatoms. The Hall–Kier alpha value is -0.730. The van der Waals surface area contributed by atoms with Crippen LogP contribution >= 0.6 is 23.5 Å². The van der Waals surface area contributed by atoms with E-state index in [-0.39, 0.29) is 28.9 Å². The number of hydrogen-bond acceptors (Lipinski definition) is 7. The third-order valence-corrected chi connectivity index (χ3v) is 7.03. The number of benzene rings is 1. The Morgan fingerprint density at radius 3 is 2.46 bits per heavy atom. The monoisotopic (exact) mass is 426 g/mol. The molecule has 0 amide bonds. The zero-order chi connectivity index (χ0) is 19.9. The molecule has 0 N–H and O–H groups in total. The van der Waals surface area contributed by atoms with Crippen molar-refractivity contribution in [1.82, 2.24) is 0 Å². The highest BCUT2D eigenvalue weighted by Gasteiger charge is 2.48. The maximum Gasteiger partial charge on any atom is 0.367 e. The van der Waals surface area contributed by atoms with Crippen molar-refractivity contribution >= 4 is 28.8 Å². The molecule has 1 aliphatic carbocycles. The molecule has 0 unspecified atom stereocenters. The van der Waals surface area contributed by atoms with Gasteiger partial charge in [0.05, 0.1) is 12.2 Å². The average Bonchev–Trinajstić information content (AvgIpc) is 2.72. The highest BCUT2D eigenvalue weighted by atomic mass is 32.2. The highest BCUT2D eigenvalue weighted by molar-refractivity contribution is 8.12. The van der Waals surface area contributed by atoms with Gasteiger partial charge in [0.25, 0.3) is 0 Å². The van der Waals surface area contributed by atoms with Crippen LogP contribution in [0.3, 0.4) is 0 Å². The lowest BCUT2D eigenvalue weighted by molar-refractivity contribution is -0.260. The van der Waals surface area contributed by atoms with Gasteiger partial charge in [-0.25, -0.2) is 4.79 Å². The second-order valence-electron chi connectivity index (χ2n) is 7.24. The third-order valence-electron chi connectivity index (χ3n) is 5.29. The summed E-state index contributed by atoms with van der Waals surface area (Å²) in [7, 11) is 1.64. The first kappa shape index (κ1) is 22.0. The molecule has 2 aliphatic rings. The molecule has 3 rings (SSSR count). The molecule has 1 aromatic rings. The fourth-order valence-electron chi connectivity index (χ4n) is 3.87. The normalized spacial score (nSPS) is 31.5. The van der Waals surface area contributed by atoms with Crippen LogP contribution in [0.1, 0.15) is 39.0 Å². The molecule has 1 aliphatic heterocycles. The van der Waals surface area contributed by atoms with Crippen molar-refractivity contribution in [2.24, 2.45) is 0 Å². The predicted octanol–water partition coefficient (Wildman–Crippen LogP) is 5.12. The zero-order valence-electron chi connectivity index (χ0n) is 16.7. The van der Waals surface area contributed by atoms with Gasteiger partial charge in [0.2, 0.25) is 0 Å². The number of hydrogen-bond donors (Lipinski definition) is 0. The minimum Gasteiger partial charge on any atom is -0.450 e. The molecule has 28 heavy (non-hydrogen) atoms. The van der Waals surface area contributed by atoms with Gasteiger partial charge in [-0.15, -0.1) is 11.8 Å². The molecule has 0 radical (unpaired) electrons. The summed E-state index contributed by atoms with van der Waals surface area (Å²) in [6, 6.07) is 10.1. The molecule has 2 fully saturated rings. The van der Waals surface area contributed by atoms with Crippen LogP contribution in [0, 0.1) is 0 Å². The molecule has 0 bridgehead atoms. The van der Waals surface area contributed by atoms with Crippen LogP contribution in [0.25, 0.3) is 0 Å². The summed E-state index contributed by atoms with van der Waals surface area (Å²) in [5.74, 6) is 0. The van der Waals surface area contributed by atoms with Gasteiger partial charge in [0.1, 0.15) is 17.5 Å². The van der Waals surface area contributed by atoms with E-state index in [0.29, 0.717) is 0 Å². The number of methoxy groups -OCH3 is 1. The maximum absolute atomic E-state index is 12.1. The van der Waals surface area contributed by atoms with Crippen molar-refractivity contribution in [3.63, 3.8) is 0 Å². The summed E-state index contributed by atoms with van der Waals surface area (Å²) < 4.78 is 24.2. The van der Waals surface area contributed by atoms with Crippen LogP contribution in [0.15, 0.2) is 35.2 Å². The lowest BCUT2D eigenvalue weighted by Crippen LogP contribution is -2.58. The molecule has 156 valence electrons. The summed E-state index contributed by atoms with van der Waals surface area (Å²) in [4.78, 5) is 13.2. The molecule has 1 aromatic carbocycles. The maximum atomic E-state index is 12.1. The van der Waals surface area contributed by atoms with Crippen LogP contribution in [0.2, 0.25) is 0 Å². The Morgan fingerprint density at radius 2 is 1.82 bits per heavy atom. The number of carbonyl (C=O) groups excluding carboxylic acids is 1. The van der Waals surface area contributed by atoms with E-state index in [4.69, 9.17) is 18.9 Å². The Balaban J connectivity index is 1.84. The summed E-state index contributed by atoms with van der Waals surface area (Å²) >= 11 is 2.70. The van der Waals surface area contributed by atoms with Gasteiger partial charge in [0, 0.05) is 12.0 Å². The first-order valence-corrected chi connectivity index (χ1v) is 12.0. The summed E-state index contributed by atoms with van der Waals surface area (Å²) in [6.45, 7) is 1.95. The van der Waals surface area contributed by atoms with Crippen LogP contribution in [-0.2, 0) is 18.9 Å². The molecule has 5 atom stereocenters. The molecule has 0 aromatic heterocycles. The van der Waals surface area contributed by atoms with Gasteiger partial charge >= 0.3 is 5.30 Å². The molecule has 0 spiro atoms.